The number of hydrogen-bond acceptors (Lipinski definition) is 9. The molecule has 5 rings (SSSR count). The number of fused-ring (bicyclic) bond motifs is 1. The summed E-state index contributed by atoms with van der Waals surface area (Å²) >= 11 is 0. The molecule has 0 fully saturated rings. The number of aliphatic hydroxyl groups excluding tert-OH is 1. The lowest BCUT2D eigenvalue weighted by Crippen LogP contribution is -2.28. The Morgan fingerprint density at radius 3 is 2.66 bits per heavy atom. The number of benzene rings is 2. The predicted octanol–water partition coefficient (Wildman–Crippen LogP) is 3.63. The van der Waals surface area contributed by atoms with Crippen molar-refractivity contribution in [2.45, 2.75) is 26.3 Å². The highest BCUT2D eigenvalue weighted by Gasteiger charge is 2.24. The first kappa shape index (κ1) is 24.7. The van der Waals surface area contributed by atoms with Crippen molar-refractivity contribution < 1.29 is 9.63 Å². The number of rotatable bonds is 6. The fourth-order valence-electron chi connectivity index (χ4n) is 4.27. The van der Waals surface area contributed by atoms with Crippen LogP contribution in [0.1, 0.15) is 36.6 Å². The summed E-state index contributed by atoms with van der Waals surface area (Å²) in [7, 11) is 0. The van der Waals surface area contributed by atoms with Gasteiger partial charge >= 0.3 is 0 Å². The number of aliphatic hydroxyl groups is 1. The number of nitrogens with two attached hydrogens (primary N) is 1. The van der Waals surface area contributed by atoms with E-state index in [4.69, 9.17) is 15.2 Å². The van der Waals surface area contributed by atoms with Gasteiger partial charge in [-0.2, -0.15) is 4.98 Å². The van der Waals surface area contributed by atoms with Crippen LogP contribution in [0.5, 0.6) is 0 Å². The number of nitrogens with one attached hydrogen (secondary N) is 1. The van der Waals surface area contributed by atoms with Crippen LogP contribution in [-0.4, -0.2) is 36.4 Å². The molecule has 10 heteroatoms. The van der Waals surface area contributed by atoms with E-state index >= 15 is 0 Å². The number of aromatic nitrogens is 5. The molecule has 0 saturated carbocycles. The minimum Gasteiger partial charge on any atom is -0.398 e. The Morgan fingerprint density at radius 1 is 1.13 bits per heavy atom. The maximum Gasteiger partial charge on any atom is 0.267 e. The van der Waals surface area contributed by atoms with Crippen molar-refractivity contribution >= 4 is 22.4 Å². The van der Waals surface area contributed by atoms with Crippen molar-refractivity contribution in [1.82, 2.24) is 24.7 Å². The van der Waals surface area contributed by atoms with Crippen molar-refractivity contribution in [3.63, 3.8) is 0 Å². The molecule has 3 heterocycles. The number of hydrogen-bond donors (Lipinski definition) is 3. The smallest absolute Gasteiger partial charge is 0.267 e. The van der Waals surface area contributed by atoms with Crippen molar-refractivity contribution in [3.8, 4) is 29.0 Å². The molecule has 0 radical (unpaired) electrons. The largest absolute Gasteiger partial charge is 0.398 e. The Labute approximate surface area is 218 Å². The summed E-state index contributed by atoms with van der Waals surface area (Å²) in [6, 6.07) is 15.8. The van der Waals surface area contributed by atoms with Crippen molar-refractivity contribution in [1.29, 1.82) is 0 Å². The molecule has 0 aliphatic carbocycles. The van der Waals surface area contributed by atoms with E-state index in [1.165, 1.54) is 0 Å². The second-order valence-corrected chi connectivity index (χ2v) is 8.48. The molecule has 4 N–H and O–H groups in total. The van der Waals surface area contributed by atoms with Gasteiger partial charge in [-0.1, -0.05) is 48.2 Å². The van der Waals surface area contributed by atoms with Gasteiger partial charge in [0.2, 0.25) is 0 Å². The van der Waals surface area contributed by atoms with Crippen LogP contribution >= 0.6 is 0 Å². The molecule has 190 valence electrons. The predicted molar refractivity (Wildman–Crippen MR) is 145 cm³/mol. The molecule has 0 bridgehead atoms. The number of para-hydroxylation sites is 1. The molecule has 5 aromatic rings. The fourth-order valence-corrected chi connectivity index (χ4v) is 4.27. The second-order valence-electron chi connectivity index (χ2n) is 8.48. The van der Waals surface area contributed by atoms with Crippen LogP contribution in [0, 0.1) is 18.8 Å². The minimum absolute atomic E-state index is 0.240. The second kappa shape index (κ2) is 10.5. The van der Waals surface area contributed by atoms with E-state index in [1.807, 2.05) is 37.3 Å². The molecule has 0 aliphatic rings. The summed E-state index contributed by atoms with van der Waals surface area (Å²) < 4.78 is 6.97. The summed E-state index contributed by atoms with van der Waals surface area (Å²) in [4.78, 5) is 27.8. The quantitative estimate of drug-likeness (QED) is 0.293. The topological polar surface area (TPSA) is 145 Å². The van der Waals surface area contributed by atoms with Gasteiger partial charge in [0.15, 0.2) is 5.82 Å². The van der Waals surface area contributed by atoms with Crippen LogP contribution in [0.3, 0.4) is 0 Å². The van der Waals surface area contributed by atoms with Crippen LogP contribution in [0.4, 0.5) is 11.5 Å². The number of nitrogens with zero attached hydrogens (tertiary/aromatic N) is 5. The zero-order valence-electron chi connectivity index (χ0n) is 20.8. The highest BCUT2D eigenvalue weighted by molar-refractivity contribution is 5.85. The SMILES string of the molecule is CC[C@H](Nc1nccc(N)c1-c1nc(C)no1)c1nc2cccc(C#CCO)c2c(=O)n1-c1ccccc1. The summed E-state index contributed by atoms with van der Waals surface area (Å²) in [6.45, 7) is 3.39. The number of anilines is 2. The van der Waals surface area contributed by atoms with Crippen LogP contribution in [-0.2, 0) is 0 Å². The first-order valence-corrected chi connectivity index (χ1v) is 12.0. The molecule has 38 heavy (non-hydrogen) atoms. The molecule has 0 aliphatic heterocycles. The fraction of sp³-hybridized carbons (Fsp3) is 0.179. The standard InChI is InChI=1S/C28H25N7O3/c1-3-21(32-25-24(20(29)14-15-30-25)27-31-17(2)34-38-27)26-33-22-13-7-9-18(10-8-16-36)23(22)28(37)35(26)19-11-5-4-6-12-19/h4-7,9,11-15,21,36H,3,16H2,1-2H3,(H3,29,30,32)/t21-/m0/s1. The maximum absolute atomic E-state index is 14.0. The molecule has 2 aromatic carbocycles. The van der Waals surface area contributed by atoms with Crippen LogP contribution < -0.4 is 16.6 Å². The molecule has 0 amide bonds. The zero-order valence-corrected chi connectivity index (χ0v) is 20.8. The van der Waals surface area contributed by atoms with E-state index in [0.717, 1.165) is 0 Å². The highest BCUT2D eigenvalue weighted by Crippen LogP contribution is 2.33. The van der Waals surface area contributed by atoms with E-state index in [0.29, 0.717) is 57.3 Å². The van der Waals surface area contributed by atoms with Crippen LogP contribution in [0.25, 0.3) is 28.0 Å². The van der Waals surface area contributed by atoms with E-state index < -0.39 is 6.04 Å². The van der Waals surface area contributed by atoms with E-state index in [9.17, 15) is 9.90 Å². The van der Waals surface area contributed by atoms with Gasteiger partial charge < -0.3 is 20.7 Å². The summed E-state index contributed by atoms with van der Waals surface area (Å²) in [5.41, 5.74) is 8.55. The van der Waals surface area contributed by atoms with E-state index in [1.54, 1.807) is 42.0 Å². The molecule has 0 spiro atoms. The van der Waals surface area contributed by atoms with E-state index in [2.05, 4.69) is 32.3 Å². The summed E-state index contributed by atoms with van der Waals surface area (Å²) in [6.07, 6.45) is 2.15. The lowest BCUT2D eigenvalue weighted by molar-refractivity contribution is 0.350. The average Bonchev–Trinajstić information content (AvgIpc) is 3.36. The Hall–Kier alpha value is -5.01. The van der Waals surface area contributed by atoms with Crippen LogP contribution in [0.2, 0.25) is 0 Å². The molecular formula is C28H25N7O3. The molecule has 3 aromatic heterocycles. The third-order valence-corrected chi connectivity index (χ3v) is 6.00. The van der Waals surface area contributed by atoms with E-state index in [-0.39, 0.29) is 18.1 Å². The van der Waals surface area contributed by atoms with Crippen molar-refractivity contribution in [2.24, 2.45) is 0 Å². The van der Waals surface area contributed by atoms with Crippen molar-refractivity contribution in [3.05, 3.63) is 88.4 Å². The number of nitrogen functional groups attached to an aromatic ring is 1. The van der Waals surface area contributed by atoms with Gasteiger partial charge in [-0.25, -0.2) is 9.97 Å². The summed E-state index contributed by atoms with van der Waals surface area (Å²) in [5.74, 6) is 7.13. The lowest BCUT2D eigenvalue weighted by Gasteiger charge is -2.23. The Kier molecular flexibility index (Phi) is 6.84. The molecular weight excluding hydrogens is 482 g/mol. The van der Waals surface area contributed by atoms with Crippen molar-refractivity contribution in [2.75, 3.05) is 17.7 Å². The molecule has 0 unspecified atom stereocenters. The maximum atomic E-state index is 14.0. The summed E-state index contributed by atoms with van der Waals surface area (Å²) in [5, 5.41) is 16.9. The monoisotopic (exact) mass is 507 g/mol. The molecule has 10 nitrogen and oxygen atoms in total. The number of aryl methyl sites for hydroxylation is 1. The van der Waals surface area contributed by atoms with Gasteiger partial charge in [0, 0.05) is 17.4 Å². The average molecular weight is 508 g/mol. The Balaban J connectivity index is 1.72. The van der Waals surface area contributed by atoms with Gasteiger partial charge in [0.05, 0.1) is 22.6 Å². The van der Waals surface area contributed by atoms with Gasteiger partial charge in [-0.15, -0.1) is 0 Å². The Morgan fingerprint density at radius 2 is 1.95 bits per heavy atom. The Bertz CT molecular complexity index is 1730. The lowest BCUT2D eigenvalue weighted by atomic mass is 10.1. The number of pyridine rings is 1. The molecule has 1 atom stereocenters. The van der Waals surface area contributed by atoms with Crippen LogP contribution in [0.15, 0.2) is 70.1 Å². The van der Waals surface area contributed by atoms with Gasteiger partial charge in [0.25, 0.3) is 11.4 Å². The zero-order chi connectivity index (χ0) is 26.6. The van der Waals surface area contributed by atoms with Gasteiger partial charge in [-0.3, -0.25) is 9.36 Å². The highest BCUT2D eigenvalue weighted by atomic mass is 16.5. The minimum atomic E-state index is -0.448. The molecule has 0 saturated heterocycles. The van der Waals surface area contributed by atoms with Gasteiger partial charge in [0.1, 0.15) is 23.8 Å². The first-order chi connectivity index (χ1) is 18.5. The third kappa shape index (κ3) is 4.58. The normalized spacial score (nSPS) is 11.7. The van der Waals surface area contributed by atoms with Gasteiger partial charge in [-0.05, 0) is 43.7 Å². The first-order valence-electron chi connectivity index (χ1n) is 12.0. The third-order valence-electron chi connectivity index (χ3n) is 6.00.